The maximum absolute atomic E-state index is 12.6. The van der Waals surface area contributed by atoms with Crippen molar-refractivity contribution in [1.82, 2.24) is 4.72 Å². The molecule has 8 heteroatoms. The Morgan fingerprint density at radius 1 is 1.10 bits per heavy atom. The van der Waals surface area contributed by atoms with Crippen LogP contribution >= 0.6 is 11.6 Å². The van der Waals surface area contributed by atoms with E-state index in [0.29, 0.717) is 24.2 Å². The number of urea groups is 1. The Kier molecular flexibility index (Phi) is 5.02. The number of carbonyl (C=O) groups excluding carboxylic acids is 1. The molecule has 2 aromatic rings. The van der Waals surface area contributed by atoms with Gasteiger partial charge in [0, 0.05) is 28.8 Å². The molecule has 0 spiro atoms. The van der Waals surface area contributed by atoms with Gasteiger partial charge in [-0.1, -0.05) is 11.6 Å². The van der Waals surface area contributed by atoms with Gasteiger partial charge in [-0.05, 0) is 73.6 Å². The van der Waals surface area contributed by atoms with Gasteiger partial charge in [-0.15, -0.1) is 4.72 Å². The van der Waals surface area contributed by atoms with Crippen LogP contribution < -0.4 is 10.0 Å². The van der Waals surface area contributed by atoms with Gasteiger partial charge in [0.15, 0.2) is 0 Å². The molecule has 0 saturated carbocycles. The monoisotopic (exact) mass is 434 g/mol. The van der Waals surface area contributed by atoms with Gasteiger partial charge >= 0.3 is 11.1 Å². The van der Waals surface area contributed by atoms with Crippen LogP contribution in [0.5, 0.6) is 0 Å². The number of nitrogens with one attached hydrogen (secondary N) is 2. The molecule has 1 aromatic heterocycles. The van der Waals surface area contributed by atoms with Crippen molar-refractivity contribution in [2.75, 3.05) is 5.32 Å². The lowest BCUT2D eigenvalue weighted by atomic mass is 9.96. The molecule has 0 fully saturated rings. The van der Waals surface area contributed by atoms with Gasteiger partial charge in [0.1, 0.15) is 17.1 Å². The molecule has 5 rings (SSSR count). The fourth-order valence-electron chi connectivity index (χ4n) is 4.91. The number of benzene rings is 1. The Bertz CT molecular complexity index is 955. The standard InChI is InChI=1S/C21H23ClN2O4S/c22-19-11-4-1-6-13(11)20(14-7-2-5-12(14)19)23-21(26)24-29(27)18-10-15-16(25)8-3-9-17(15)28-18/h10,16,25H,1-9H2,(H2,23,24,26). The number of aliphatic hydroxyl groups is 1. The lowest BCUT2D eigenvalue weighted by Crippen LogP contribution is -2.34. The van der Waals surface area contributed by atoms with Crippen LogP contribution in [0.3, 0.4) is 0 Å². The smallest absolute Gasteiger partial charge is 0.361 e. The highest BCUT2D eigenvalue weighted by Crippen LogP contribution is 2.44. The highest BCUT2D eigenvalue weighted by atomic mass is 35.5. The van der Waals surface area contributed by atoms with Crippen LogP contribution in [0.1, 0.15) is 65.4 Å². The zero-order valence-electron chi connectivity index (χ0n) is 16.0. The topological polar surface area (TPSA) is 97.6 Å². The van der Waals surface area contributed by atoms with E-state index in [0.717, 1.165) is 77.9 Å². The molecule has 1 aromatic carbocycles. The van der Waals surface area contributed by atoms with Crippen molar-refractivity contribution < 1.29 is 18.9 Å². The molecule has 0 aliphatic heterocycles. The molecule has 29 heavy (non-hydrogen) atoms. The first-order chi connectivity index (χ1) is 14.0. The first kappa shape index (κ1) is 19.3. The second kappa shape index (κ2) is 7.54. The highest BCUT2D eigenvalue weighted by Gasteiger charge is 2.31. The summed E-state index contributed by atoms with van der Waals surface area (Å²) in [4.78, 5) is 12.6. The Balaban J connectivity index is 1.36. The van der Waals surface area contributed by atoms with Crippen LogP contribution in [0.4, 0.5) is 10.5 Å². The summed E-state index contributed by atoms with van der Waals surface area (Å²) < 4.78 is 20.7. The zero-order chi connectivity index (χ0) is 20.1. The van der Waals surface area contributed by atoms with Crippen molar-refractivity contribution in [2.45, 2.75) is 69.0 Å². The van der Waals surface area contributed by atoms with Crippen molar-refractivity contribution in [2.24, 2.45) is 0 Å². The van der Waals surface area contributed by atoms with E-state index in [9.17, 15) is 14.5 Å². The zero-order valence-corrected chi connectivity index (χ0v) is 17.5. The molecular formula is C21H23ClN2O4S. The molecule has 2 amide bonds. The molecule has 2 unspecified atom stereocenters. The summed E-state index contributed by atoms with van der Waals surface area (Å²) in [5, 5.41) is 14.1. The van der Waals surface area contributed by atoms with Crippen LogP contribution in [-0.2, 0) is 43.5 Å². The third-order valence-electron chi connectivity index (χ3n) is 6.24. The minimum absolute atomic E-state index is 0.165. The number of fused-ring (bicyclic) bond motifs is 3. The lowest BCUT2D eigenvalue weighted by Gasteiger charge is -2.18. The van der Waals surface area contributed by atoms with Gasteiger partial charge < -0.3 is 19.4 Å². The van der Waals surface area contributed by atoms with Crippen molar-refractivity contribution in [3.63, 3.8) is 0 Å². The van der Waals surface area contributed by atoms with Gasteiger partial charge in [-0.2, -0.15) is 0 Å². The molecule has 0 bridgehead atoms. The van der Waals surface area contributed by atoms with Crippen LogP contribution in [0.2, 0.25) is 5.02 Å². The van der Waals surface area contributed by atoms with Crippen molar-refractivity contribution in [1.29, 1.82) is 0 Å². The maximum atomic E-state index is 12.6. The van der Waals surface area contributed by atoms with E-state index >= 15 is 0 Å². The molecule has 6 nitrogen and oxygen atoms in total. The van der Waals surface area contributed by atoms with Crippen molar-refractivity contribution in [3.05, 3.63) is 44.7 Å². The molecule has 3 N–H and O–H groups in total. The average molecular weight is 435 g/mol. The number of aliphatic hydroxyl groups excluding tert-OH is 1. The fraction of sp³-hybridized carbons (Fsp3) is 0.476. The number of anilines is 1. The third kappa shape index (κ3) is 3.34. The number of aryl methyl sites for hydroxylation is 1. The van der Waals surface area contributed by atoms with E-state index in [-0.39, 0.29) is 5.09 Å². The SMILES string of the molecule is O=C(Nc1c2c(c(Cl)c3c1CCC3)CCC2)N[S+]([O-])c1cc2c(o1)CCCC2O. The molecular weight excluding hydrogens is 412 g/mol. The predicted octanol–water partition coefficient (Wildman–Crippen LogP) is 4.12. The third-order valence-corrected chi connectivity index (χ3v) is 7.63. The van der Waals surface area contributed by atoms with Crippen LogP contribution in [-0.4, -0.2) is 15.7 Å². The van der Waals surface area contributed by atoms with Gasteiger partial charge in [0.25, 0.3) is 0 Å². The molecule has 3 aliphatic carbocycles. The Morgan fingerprint density at radius 2 is 1.76 bits per heavy atom. The first-order valence-corrected chi connectivity index (χ1v) is 11.7. The number of carbonyl (C=O) groups is 1. The van der Waals surface area contributed by atoms with E-state index in [2.05, 4.69) is 10.0 Å². The number of furan rings is 1. The summed E-state index contributed by atoms with van der Waals surface area (Å²) in [6, 6.07) is 1.07. The second-order valence-electron chi connectivity index (χ2n) is 7.99. The van der Waals surface area contributed by atoms with Gasteiger partial charge in [-0.25, -0.2) is 4.79 Å². The molecule has 1 heterocycles. The van der Waals surface area contributed by atoms with E-state index in [1.165, 1.54) is 0 Å². The quantitative estimate of drug-likeness (QED) is 0.633. The normalized spacial score (nSPS) is 20.7. The minimum Gasteiger partial charge on any atom is -0.585 e. The Labute approximate surface area is 177 Å². The fourth-order valence-corrected chi connectivity index (χ4v) is 6.06. The van der Waals surface area contributed by atoms with Crippen LogP contribution in [0.25, 0.3) is 0 Å². The first-order valence-electron chi connectivity index (χ1n) is 10.2. The number of amides is 2. The summed E-state index contributed by atoms with van der Waals surface area (Å²) in [7, 11) is 0. The summed E-state index contributed by atoms with van der Waals surface area (Å²) in [6.07, 6.45) is 7.32. The van der Waals surface area contributed by atoms with E-state index in [1.54, 1.807) is 6.07 Å². The van der Waals surface area contributed by atoms with Crippen LogP contribution in [0, 0.1) is 0 Å². The van der Waals surface area contributed by atoms with Crippen LogP contribution in [0.15, 0.2) is 15.6 Å². The van der Waals surface area contributed by atoms with Gasteiger partial charge in [-0.3, -0.25) is 0 Å². The van der Waals surface area contributed by atoms with Crippen molar-refractivity contribution in [3.8, 4) is 0 Å². The van der Waals surface area contributed by atoms with E-state index < -0.39 is 23.5 Å². The number of hydrogen-bond acceptors (Lipinski definition) is 4. The minimum atomic E-state index is -1.83. The molecule has 2 atom stereocenters. The number of hydrogen-bond donors (Lipinski definition) is 3. The predicted molar refractivity (Wildman–Crippen MR) is 111 cm³/mol. The number of halogens is 1. The maximum Gasteiger partial charge on any atom is 0.361 e. The summed E-state index contributed by atoms with van der Waals surface area (Å²) in [5.41, 5.74) is 6.06. The molecule has 0 saturated heterocycles. The van der Waals surface area contributed by atoms with Gasteiger partial charge in [0.2, 0.25) is 0 Å². The summed E-state index contributed by atoms with van der Waals surface area (Å²) >= 11 is 4.79. The Hall–Kier alpha value is -1.67. The Morgan fingerprint density at radius 3 is 2.41 bits per heavy atom. The molecule has 3 aliphatic rings. The lowest BCUT2D eigenvalue weighted by molar-refractivity contribution is 0.152. The van der Waals surface area contributed by atoms with E-state index in [4.69, 9.17) is 16.0 Å². The largest absolute Gasteiger partial charge is 0.585 e. The summed E-state index contributed by atoms with van der Waals surface area (Å²) in [6.45, 7) is 0. The second-order valence-corrected chi connectivity index (χ2v) is 9.51. The molecule has 0 radical (unpaired) electrons. The molecule has 154 valence electrons. The van der Waals surface area contributed by atoms with E-state index in [1.807, 2.05) is 0 Å². The van der Waals surface area contributed by atoms with Crippen molar-refractivity contribution >= 4 is 34.7 Å². The highest BCUT2D eigenvalue weighted by molar-refractivity contribution is 7.89. The summed E-state index contributed by atoms with van der Waals surface area (Å²) in [5.74, 6) is 0.655. The van der Waals surface area contributed by atoms with Gasteiger partial charge in [0.05, 0.1) is 6.10 Å². The average Bonchev–Trinajstić information content (AvgIpc) is 3.44. The number of rotatable bonds is 3.